The van der Waals surface area contributed by atoms with E-state index in [-0.39, 0.29) is 5.91 Å². The number of para-hydroxylation sites is 2. The molecule has 3 aromatic carbocycles. The summed E-state index contributed by atoms with van der Waals surface area (Å²) >= 11 is 0. The van der Waals surface area contributed by atoms with E-state index in [0.29, 0.717) is 35.0 Å². The Morgan fingerprint density at radius 1 is 0.882 bits per heavy atom. The number of nitrogens with one attached hydrogen (secondary N) is 2. The number of rotatable bonds is 10. The van der Waals surface area contributed by atoms with Gasteiger partial charge in [0.25, 0.3) is 5.91 Å². The first-order valence-electron chi connectivity index (χ1n) is 10.8. The smallest absolute Gasteiger partial charge is 0.253 e. The average molecular weight is 482 g/mol. The van der Waals surface area contributed by atoms with Crippen molar-refractivity contribution in [1.29, 1.82) is 0 Å². The van der Waals surface area contributed by atoms with Crippen LogP contribution < -0.4 is 19.7 Å². The third-order valence-corrected chi connectivity index (χ3v) is 5.91. The Kier molecular flexibility index (Phi) is 8.26. The number of carbonyl (C=O) groups is 2. The summed E-state index contributed by atoms with van der Waals surface area (Å²) in [6, 6.07) is 22.2. The molecule has 0 aromatic heterocycles. The Morgan fingerprint density at radius 3 is 2.15 bits per heavy atom. The van der Waals surface area contributed by atoms with Gasteiger partial charge in [0.05, 0.1) is 23.2 Å². The molecule has 9 heteroatoms. The van der Waals surface area contributed by atoms with Gasteiger partial charge in [0.2, 0.25) is 15.9 Å². The van der Waals surface area contributed by atoms with Crippen LogP contribution in [-0.4, -0.2) is 39.6 Å². The topological polar surface area (TPSA) is 105 Å². The van der Waals surface area contributed by atoms with Crippen LogP contribution >= 0.6 is 0 Å². The molecular formula is C25H27N3O5S. The zero-order chi connectivity index (χ0) is 24.6. The third kappa shape index (κ3) is 6.82. The van der Waals surface area contributed by atoms with Crippen LogP contribution in [-0.2, 0) is 14.8 Å². The van der Waals surface area contributed by atoms with E-state index >= 15 is 0 Å². The minimum atomic E-state index is -3.76. The van der Waals surface area contributed by atoms with Crippen LogP contribution in [0.15, 0.2) is 78.9 Å². The van der Waals surface area contributed by atoms with Crippen LogP contribution in [0.3, 0.4) is 0 Å². The van der Waals surface area contributed by atoms with Gasteiger partial charge >= 0.3 is 0 Å². The molecule has 0 saturated heterocycles. The largest absolute Gasteiger partial charge is 0.457 e. The van der Waals surface area contributed by atoms with Crippen molar-refractivity contribution in [3.63, 3.8) is 0 Å². The summed E-state index contributed by atoms with van der Waals surface area (Å²) in [7, 11) is -3.76. The number of nitrogens with zero attached hydrogens (tertiary/aromatic N) is 1. The highest BCUT2D eigenvalue weighted by Crippen LogP contribution is 2.25. The molecule has 0 bridgehead atoms. The number of hydrogen-bond acceptors (Lipinski definition) is 5. The van der Waals surface area contributed by atoms with Crippen molar-refractivity contribution in [2.45, 2.75) is 13.3 Å². The lowest BCUT2D eigenvalue weighted by molar-refractivity contribution is -0.114. The van der Waals surface area contributed by atoms with E-state index in [0.717, 1.165) is 17.0 Å². The zero-order valence-corrected chi connectivity index (χ0v) is 19.8. The van der Waals surface area contributed by atoms with Gasteiger partial charge in [-0.2, -0.15) is 0 Å². The Hall–Kier alpha value is -3.85. The first-order valence-corrected chi connectivity index (χ1v) is 12.6. The molecule has 3 rings (SSSR count). The van der Waals surface area contributed by atoms with Crippen molar-refractivity contribution < 1.29 is 22.7 Å². The molecule has 0 aliphatic heterocycles. The maximum Gasteiger partial charge on any atom is 0.253 e. The van der Waals surface area contributed by atoms with Gasteiger partial charge in [0.1, 0.15) is 18.0 Å². The van der Waals surface area contributed by atoms with Crippen LogP contribution in [0.2, 0.25) is 0 Å². The first-order chi connectivity index (χ1) is 16.3. The molecule has 178 valence electrons. The lowest BCUT2D eigenvalue weighted by Crippen LogP contribution is -2.37. The van der Waals surface area contributed by atoms with Crippen molar-refractivity contribution in [2.24, 2.45) is 0 Å². The Bertz CT molecular complexity index is 1230. The van der Waals surface area contributed by atoms with E-state index in [1.165, 1.54) is 0 Å². The maximum atomic E-state index is 12.8. The van der Waals surface area contributed by atoms with Gasteiger partial charge in [0, 0.05) is 6.54 Å². The fourth-order valence-electron chi connectivity index (χ4n) is 3.15. The van der Waals surface area contributed by atoms with Gasteiger partial charge in [-0.25, -0.2) is 8.42 Å². The van der Waals surface area contributed by atoms with E-state index in [2.05, 4.69) is 10.6 Å². The Balaban J connectivity index is 1.74. The van der Waals surface area contributed by atoms with E-state index in [9.17, 15) is 18.0 Å². The van der Waals surface area contributed by atoms with Gasteiger partial charge in [-0.3, -0.25) is 13.9 Å². The summed E-state index contributed by atoms with van der Waals surface area (Å²) in [5, 5.41) is 5.42. The molecule has 0 aliphatic rings. The highest BCUT2D eigenvalue weighted by molar-refractivity contribution is 7.92. The molecular weight excluding hydrogens is 454 g/mol. The Labute approximate surface area is 199 Å². The van der Waals surface area contributed by atoms with Crippen LogP contribution in [0.25, 0.3) is 0 Å². The lowest BCUT2D eigenvalue weighted by Gasteiger charge is -2.22. The molecule has 2 amide bonds. The number of carbonyl (C=O) groups excluding carboxylic acids is 2. The molecule has 0 atom stereocenters. The lowest BCUT2D eigenvalue weighted by atomic mass is 10.1. The van der Waals surface area contributed by atoms with Crippen LogP contribution in [0, 0.1) is 0 Å². The third-order valence-electron chi connectivity index (χ3n) is 4.77. The SMILES string of the molecule is CCCNC(=O)c1ccccc1NC(=O)CN(c1ccc(Oc2ccccc2)cc1)S(C)(=O)=O. The monoisotopic (exact) mass is 481 g/mol. The highest BCUT2D eigenvalue weighted by atomic mass is 32.2. The van der Waals surface area contributed by atoms with Crippen molar-refractivity contribution in [2.75, 3.05) is 29.0 Å². The van der Waals surface area contributed by atoms with Gasteiger partial charge < -0.3 is 15.4 Å². The fourth-order valence-corrected chi connectivity index (χ4v) is 4.01. The summed E-state index contributed by atoms with van der Waals surface area (Å²) in [4.78, 5) is 25.2. The molecule has 0 unspecified atom stereocenters. The number of hydrogen-bond donors (Lipinski definition) is 2. The van der Waals surface area contributed by atoms with Crippen molar-refractivity contribution >= 4 is 33.2 Å². The van der Waals surface area contributed by atoms with Crippen molar-refractivity contribution in [3.8, 4) is 11.5 Å². The summed E-state index contributed by atoms with van der Waals surface area (Å²) < 4.78 is 31.6. The van der Waals surface area contributed by atoms with E-state index < -0.39 is 22.5 Å². The fraction of sp³-hybridized carbons (Fsp3) is 0.200. The number of benzene rings is 3. The van der Waals surface area contributed by atoms with Gasteiger partial charge in [-0.15, -0.1) is 0 Å². The second kappa shape index (κ2) is 11.3. The van der Waals surface area contributed by atoms with Crippen LogP contribution in [0.1, 0.15) is 23.7 Å². The summed E-state index contributed by atoms with van der Waals surface area (Å²) in [6.07, 6.45) is 1.81. The molecule has 0 heterocycles. The number of amides is 2. The van der Waals surface area contributed by atoms with Gasteiger partial charge in [0.15, 0.2) is 0 Å². The summed E-state index contributed by atoms with van der Waals surface area (Å²) in [5.74, 6) is 0.286. The van der Waals surface area contributed by atoms with Crippen molar-refractivity contribution in [3.05, 3.63) is 84.4 Å². The van der Waals surface area contributed by atoms with Gasteiger partial charge in [-0.05, 0) is 55.0 Å². The molecule has 0 radical (unpaired) electrons. The molecule has 0 saturated carbocycles. The normalized spacial score (nSPS) is 10.9. The second-order valence-electron chi connectivity index (χ2n) is 7.53. The molecule has 0 spiro atoms. The number of ether oxygens (including phenoxy) is 1. The maximum absolute atomic E-state index is 12.8. The molecule has 0 aliphatic carbocycles. The number of anilines is 2. The van der Waals surface area contributed by atoms with Crippen LogP contribution in [0.5, 0.6) is 11.5 Å². The zero-order valence-electron chi connectivity index (χ0n) is 19.0. The summed E-state index contributed by atoms with van der Waals surface area (Å²) in [6.45, 7) is 1.99. The molecule has 3 aromatic rings. The summed E-state index contributed by atoms with van der Waals surface area (Å²) in [5.41, 5.74) is 0.922. The van der Waals surface area contributed by atoms with Crippen molar-refractivity contribution in [1.82, 2.24) is 5.32 Å². The first kappa shape index (κ1) is 24.8. The minimum Gasteiger partial charge on any atom is -0.457 e. The number of sulfonamides is 1. The second-order valence-corrected chi connectivity index (χ2v) is 9.44. The quantitative estimate of drug-likeness (QED) is 0.455. The highest BCUT2D eigenvalue weighted by Gasteiger charge is 2.22. The predicted octanol–water partition coefficient (Wildman–Crippen LogP) is 4.02. The Morgan fingerprint density at radius 2 is 1.50 bits per heavy atom. The van der Waals surface area contributed by atoms with Gasteiger partial charge in [-0.1, -0.05) is 37.3 Å². The minimum absolute atomic E-state index is 0.303. The van der Waals surface area contributed by atoms with E-state index in [1.807, 2.05) is 25.1 Å². The predicted molar refractivity (Wildman–Crippen MR) is 133 cm³/mol. The molecule has 8 nitrogen and oxygen atoms in total. The van der Waals surface area contributed by atoms with E-state index in [1.54, 1.807) is 60.7 Å². The average Bonchev–Trinajstić information content (AvgIpc) is 2.82. The van der Waals surface area contributed by atoms with E-state index in [4.69, 9.17) is 4.74 Å². The molecule has 0 fully saturated rings. The molecule has 34 heavy (non-hydrogen) atoms. The standard InChI is InChI=1S/C25H27N3O5S/c1-3-17-26-25(30)22-11-7-8-12-23(22)27-24(29)18-28(34(2,31)32)19-13-15-21(16-14-19)33-20-9-5-4-6-10-20/h4-16H,3,17-18H2,1-2H3,(H,26,30)(H,27,29). The van der Waals surface area contributed by atoms with Crippen LogP contribution in [0.4, 0.5) is 11.4 Å². The molecule has 2 N–H and O–H groups in total.